The van der Waals surface area contributed by atoms with Crippen LogP contribution in [0, 0.1) is 5.92 Å². The molecule has 0 bridgehead atoms. The van der Waals surface area contributed by atoms with Crippen LogP contribution < -0.4 is 10.9 Å². The van der Waals surface area contributed by atoms with E-state index in [0.29, 0.717) is 5.92 Å². The van der Waals surface area contributed by atoms with E-state index in [2.05, 4.69) is 52.8 Å². The number of hydrogen-bond acceptors (Lipinski definition) is 3. The van der Waals surface area contributed by atoms with E-state index >= 15 is 0 Å². The summed E-state index contributed by atoms with van der Waals surface area (Å²) in [5, 5.41) is 0. The Balaban J connectivity index is 2.25. The Labute approximate surface area is 116 Å². The molecule has 0 aromatic heterocycles. The van der Waals surface area contributed by atoms with E-state index in [-0.39, 0.29) is 6.04 Å². The normalized spacial score (nSPS) is 19.2. The third-order valence-corrected chi connectivity index (χ3v) is 3.63. The van der Waals surface area contributed by atoms with Gasteiger partial charge in [0.15, 0.2) is 0 Å². The third-order valence-electron chi connectivity index (χ3n) is 3.10. The maximum absolute atomic E-state index is 11.1. The minimum absolute atomic E-state index is 0.217. The molecule has 1 aliphatic heterocycles. The second-order valence-electron chi connectivity index (χ2n) is 4.78. The summed E-state index contributed by atoms with van der Waals surface area (Å²) in [6.45, 7) is 4.25. The van der Waals surface area contributed by atoms with E-state index in [1.165, 1.54) is 5.56 Å². The van der Waals surface area contributed by atoms with Crippen LogP contribution in [0.4, 0.5) is 0 Å². The molecule has 0 saturated carbocycles. The fourth-order valence-electron chi connectivity index (χ4n) is 2.15. The maximum atomic E-state index is 11.1. The summed E-state index contributed by atoms with van der Waals surface area (Å²) in [4.78, 5) is 11.1. The second kappa shape index (κ2) is 5.67. The number of carbonyl (C=O) groups excluding carboxylic acids is 1. The van der Waals surface area contributed by atoms with Gasteiger partial charge in [-0.2, -0.15) is 0 Å². The standard InChI is InChI=1S/C14H17BrN2O/c1-9(2)14-12(13(8-18)16-17-14)7-10-3-5-11(15)6-4-10/h3-6,8-9,13,16-17H,7H2,1-2H3. The predicted octanol–water partition coefficient (Wildman–Crippen LogP) is 2.58. The molecule has 0 radical (unpaired) electrons. The quantitative estimate of drug-likeness (QED) is 0.840. The van der Waals surface area contributed by atoms with Gasteiger partial charge >= 0.3 is 0 Å². The molecule has 1 aromatic rings. The Bertz CT molecular complexity index is 465. The zero-order valence-electron chi connectivity index (χ0n) is 10.5. The molecule has 1 aromatic carbocycles. The summed E-state index contributed by atoms with van der Waals surface area (Å²) < 4.78 is 1.07. The van der Waals surface area contributed by atoms with E-state index in [1.54, 1.807) is 0 Å². The Morgan fingerprint density at radius 1 is 1.33 bits per heavy atom. The van der Waals surface area contributed by atoms with Gasteiger partial charge in [-0.25, -0.2) is 5.43 Å². The van der Waals surface area contributed by atoms with Gasteiger partial charge in [-0.1, -0.05) is 41.9 Å². The first kappa shape index (κ1) is 13.3. The minimum atomic E-state index is -0.217. The first-order chi connectivity index (χ1) is 8.61. The van der Waals surface area contributed by atoms with E-state index in [1.807, 2.05) is 12.1 Å². The lowest BCUT2D eigenvalue weighted by Crippen LogP contribution is -2.34. The van der Waals surface area contributed by atoms with E-state index < -0.39 is 0 Å². The second-order valence-corrected chi connectivity index (χ2v) is 5.70. The van der Waals surface area contributed by atoms with Crippen LogP contribution in [-0.4, -0.2) is 12.3 Å². The van der Waals surface area contributed by atoms with Crippen LogP contribution in [0.3, 0.4) is 0 Å². The highest BCUT2D eigenvalue weighted by Gasteiger charge is 2.25. The fraction of sp³-hybridized carbons (Fsp3) is 0.357. The molecular weight excluding hydrogens is 292 g/mol. The van der Waals surface area contributed by atoms with Crippen molar-refractivity contribution in [3.8, 4) is 0 Å². The van der Waals surface area contributed by atoms with Crippen molar-refractivity contribution in [3.05, 3.63) is 45.6 Å². The average molecular weight is 309 g/mol. The molecular formula is C14H17BrN2O. The maximum Gasteiger partial charge on any atom is 0.142 e. The first-order valence-electron chi connectivity index (χ1n) is 6.06. The summed E-state index contributed by atoms with van der Waals surface area (Å²) >= 11 is 3.43. The number of nitrogens with one attached hydrogen (secondary N) is 2. The molecule has 0 saturated heterocycles. The highest BCUT2D eigenvalue weighted by Crippen LogP contribution is 2.23. The summed E-state index contributed by atoms with van der Waals surface area (Å²) in [5.74, 6) is 0.382. The van der Waals surface area contributed by atoms with Crippen molar-refractivity contribution in [1.82, 2.24) is 10.9 Å². The van der Waals surface area contributed by atoms with Gasteiger partial charge in [0.25, 0.3) is 0 Å². The Kier molecular flexibility index (Phi) is 4.19. The largest absolute Gasteiger partial charge is 0.324 e. The first-order valence-corrected chi connectivity index (χ1v) is 6.85. The number of benzene rings is 1. The monoisotopic (exact) mass is 308 g/mol. The van der Waals surface area contributed by atoms with Crippen LogP contribution in [0.1, 0.15) is 19.4 Å². The van der Waals surface area contributed by atoms with Gasteiger partial charge in [0.05, 0.1) is 0 Å². The highest BCUT2D eigenvalue weighted by atomic mass is 79.9. The van der Waals surface area contributed by atoms with E-state index in [0.717, 1.165) is 28.4 Å². The number of halogens is 1. The smallest absolute Gasteiger partial charge is 0.142 e. The van der Waals surface area contributed by atoms with Crippen molar-refractivity contribution >= 4 is 22.2 Å². The van der Waals surface area contributed by atoms with Crippen molar-refractivity contribution < 1.29 is 4.79 Å². The van der Waals surface area contributed by atoms with Crippen LogP contribution in [0.5, 0.6) is 0 Å². The fourth-order valence-corrected chi connectivity index (χ4v) is 2.41. The van der Waals surface area contributed by atoms with Gasteiger partial charge in [-0.15, -0.1) is 0 Å². The molecule has 2 N–H and O–H groups in total. The van der Waals surface area contributed by atoms with Gasteiger partial charge in [-0.3, -0.25) is 0 Å². The molecule has 1 aliphatic rings. The van der Waals surface area contributed by atoms with Crippen LogP contribution >= 0.6 is 15.9 Å². The summed E-state index contributed by atoms with van der Waals surface area (Å²) in [6.07, 6.45) is 1.75. The van der Waals surface area contributed by atoms with Crippen molar-refractivity contribution in [3.63, 3.8) is 0 Å². The molecule has 0 aliphatic carbocycles. The predicted molar refractivity (Wildman–Crippen MR) is 75.8 cm³/mol. The molecule has 0 amide bonds. The Morgan fingerprint density at radius 2 is 2.00 bits per heavy atom. The van der Waals surface area contributed by atoms with E-state index in [4.69, 9.17) is 0 Å². The molecule has 96 valence electrons. The van der Waals surface area contributed by atoms with Crippen molar-refractivity contribution in [2.45, 2.75) is 26.3 Å². The lowest BCUT2D eigenvalue weighted by Gasteiger charge is -2.11. The molecule has 18 heavy (non-hydrogen) atoms. The Hall–Kier alpha value is -1.13. The van der Waals surface area contributed by atoms with Gasteiger partial charge < -0.3 is 10.2 Å². The molecule has 1 heterocycles. The van der Waals surface area contributed by atoms with Gasteiger partial charge in [-0.05, 0) is 35.6 Å². The van der Waals surface area contributed by atoms with E-state index in [9.17, 15) is 4.79 Å². The summed E-state index contributed by atoms with van der Waals surface area (Å²) in [6, 6.07) is 7.99. The number of allylic oxidation sites excluding steroid dienone is 1. The third kappa shape index (κ3) is 2.82. The molecule has 0 fully saturated rings. The van der Waals surface area contributed by atoms with Crippen molar-refractivity contribution in [2.75, 3.05) is 0 Å². The summed E-state index contributed by atoms with van der Waals surface area (Å²) in [5.41, 5.74) is 9.63. The van der Waals surface area contributed by atoms with Crippen LogP contribution in [0.25, 0.3) is 0 Å². The van der Waals surface area contributed by atoms with Gasteiger partial charge in [0.2, 0.25) is 0 Å². The van der Waals surface area contributed by atoms with Crippen LogP contribution in [0.15, 0.2) is 40.0 Å². The molecule has 1 unspecified atom stereocenters. The summed E-state index contributed by atoms with van der Waals surface area (Å²) in [7, 11) is 0. The number of carbonyl (C=O) groups is 1. The van der Waals surface area contributed by atoms with Crippen LogP contribution in [0.2, 0.25) is 0 Å². The highest BCUT2D eigenvalue weighted by molar-refractivity contribution is 9.10. The zero-order valence-corrected chi connectivity index (χ0v) is 12.1. The number of rotatable bonds is 4. The molecule has 4 heteroatoms. The number of hydrazine groups is 1. The average Bonchev–Trinajstić information content (AvgIpc) is 2.75. The minimum Gasteiger partial charge on any atom is -0.324 e. The molecule has 2 rings (SSSR count). The van der Waals surface area contributed by atoms with Gasteiger partial charge in [0.1, 0.15) is 12.3 Å². The Morgan fingerprint density at radius 3 is 2.56 bits per heavy atom. The SMILES string of the molecule is CC(C)C1=C(Cc2ccc(Br)cc2)C(C=O)NN1. The molecule has 0 spiro atoms. The van der Waals surface area contributed by atoms with Crippen LogP contribution in [-0.2, 0) is 11.2 Å². The lowest BCUT2D eigenvalue weighted by atomic mass is 9.95. The van der Waals surface area contributed by atoms with Crippen molar-refractivity contribution in [1.29, 1.82) is 0 Å². The number of hydrogen-bond donors (Lipinski definition) is 2. The topological polar surface area (TPSA) is 41.1 Å². The number of aldehydes is 1. The molecule has 1 atom stereocenters. The van der Waals surface area contributed by atoms with Crippen molar-refractivity contribution in [2.24, 2.45) is 5.92 Å². The molecule has 3 nitrogen and oxygen atoms in total. The zero-order chi connectivity index (χ0) is 13.1. The lowest BCUT2D eigenvalue weighted by molar-refractivity contribution is -0.108. The van der Waals surface area contributed by atoms with Gasteiger partial charge in [0, 0.05) is 10.2 Å².